The first-order valence-electron chi connectivity index (χ1n) is 10.00. The Bertz CT molecular complexity index is 1130. The second kappa shape index (κ2) is 12.1. The standard InChI is InChI=1S/C23H22BrCl2N3O4/c1-32-22-11-15(10-18(24)23(22)33-14-16-4-2-3-5-19(16)25)13-27-8-9-28-21-7-6-17(29(30)31)12-20(21)26/h2-7,10-12,27-28H,8-9,13-14H2,1H3. The summed E-state index contributed by atoms with van der Waals surface area (Å²) in [5.74, 6) is 1.22. The number of anilines is 1. The molecule has 2 N–H and O–H groups in total. The van der Waals surface area contributed by atoms with Gasteiger partial charge >= 0.3 is 0 Å². The van der Waals surface area contributed by atoms with Gasteiger partial charge in [0.1, 0.15) is 6.61 Å². The molecule has 0 bridgehead atoms. The summed E-state index contributed by atoms with van der Waals surface area (Å²) in [5.41, 5.74) is 2.51. The van der Waals surface area contributed by atoms with Crippen LogP contribution in [-0.2, 0) is 13.2 Å². The quantitative estimate of drug-likeness (QED) is 0.161. The first kappa shape index (κ1) is 25.1. The van der Waals surface area contributed by atoms with Crippen molar-refractivity contribution in [1.29, 1.82) is 0 Å². The monoisotopic (exact) mass is 553 g/mol. The molecule has 0 spiro atoms. The van der Waals surface area contributed by atoms with Crippen molar-refractivity contribution in [3.8, 4) is 11.5 Å². The van der Waals surface area contributed by atoms with Crippen LogP contribution in [0, 0.1) is 10.1 Å². The van der Waals surface area contributed by atoms with Crippen molar-refractivity contribution in [3.05, 3.63) is 90.4 Å². The zero-order chi connectivity index (χ0) is 23.8. The van der Waals surface area contributed by atoms with Crippen LogP contribution in [0.4, 0.5) is 11.4 Å². The lowest BCUT2D eigenvalue weighted by atomic mass is 10.2. The van der Waals surface area contributed by atoms with Crippen LogP contribution in [0.3, 0.4) is 0 Å². The molecule has 0 aliphatic carbocycles. The van der Waals surface area contributed by atoms with Crippen LogP contribution >= 0.6 is 39.1 Å². The first-order chi connectivity index (χ1) is 15.9. The van der Waals surface area contributed by atoms with Crippen LogP contribution in [-0.4, -0.2) is 25.1 Å². The highest BCUT2D eigenvalue weighted by molar-refractivity contribution is 9.10. The van der Waals surface area contributed by atoms with Crippen molar-refractivity contribution >= 4 is 50.5 Å². The second-order valence-electron chi connectivity index (χ2n) is 7.01. The molecule has 0 aliphatic rings. The number of ether oxygens (including phenoxy) is 2. The van der Waals surface area contributed by atoms with Crippen LogP contribution in [0.5, 0.6) is 11.5 Å². The van der Waals surface area contributed by atoms with Crippen molar-refractivity contribution < 1.29 is 14.4 Å². The van der Waals surface area contributed by atoms with E-state index in [-0.39, 0.29) is 5.69 Å². The maximum atomic E-state index is 10.8. The Morgan fingerprint density at radius 1 is 1.06 bits per heavy atom. The molecule has 174 valence electrons. The van der Waals surface area contributed by atoms with Crippen molar-refractivity contribution in [3.63, 3.8) is 0 Å². The summed E-state index contributed by atoms with van der Waals surface area (Å²) in [6.07, 6.45) is 0. The third kappa shape index (κ3) is 6.98. The molecule has 33 heavy (non-hydrogen) atoms. The lowest BCUT2D eigenvalue weighted by molar-refractivity contribution is -0.384. The van der Waals surface area contributed by atoms with Crippen LogP contribution in [0.25, 0.3) is 0 Å². The molecule has 3 aromatic rings. The number of rotatable bonds is 11. The number of hydrogen-bond acceptors (Lipinski definition) is 6. The number of halogens is 3. The average molecular weight is 555 g/mol. The van der Waals surface area contributed by atoms with Crippen LogP contribution in [0.15, 0.2) is 59.1 Å². The summed E-state index contributed by atoms with van der Waals surface area (Å²) in [6, 6.07) is 15.8. The fourth-order valence-electron chi connectivity index (χ4n) is 3.06. The van der Waals surface area contributed by atoms with E-state index in [1.807, 2.05) is 36.4 Å². The molecule has 0 saturated heterocycles. The normalized spacial score (nSPS) is 10.7. The number of nitro groups is 1. The Morgan fingerprint density at radius 3 is 2.55 bits per heavy atom. The molecule has 0 amide bonds. The highest BCUT2D eigenvalue weighted by Gasteiger charge is 2.13. The molecule has 0 aliphatic heterocycles. The van der Waals surface area contributed by atoms with E-state index in [4.69, 9.17) is 32.7 Å². The molecule has 10 heteroatoms. The third-order valence-electron chi connectivity index (χ3n) is 4.73. The van der Waals surface area contributed by atoms with Crippen LogP contribution in [0.2, 0.25) is 10.0 Å². The molecule has 3 aromatic carbocycles. The van der Waals surface area contributed by atoms with Gasteiger partial charge in [-0.1, -0.05) is 41.4 Å². The zero-order valence-electron chi connectivity index (χ0n) is 17.7. The molecule has 0 unspecified atom stereocenters. The second-order valence-corrected chi connectivity index (χ2v) is 8.68. The molecule has 0 heterocycles. The molecule has 0 aromatic heterocycles. The van der Waals surface area contributed by atoms with Crippen molar-refractivity contribution in [2.75, 3.05) is 25.5 Å². The summed E-state index contributed by atoms with van der Waals surface area (Å²) >= 11 is 15.9. The molecule has 0 saturated carbocycles. The van der Waals surface area contributed by atoms with Gasteiger partial charge in [-0.25, -0.2) is 0 Å². The Balaban J connectivity index is 1.52. The number of nitrogens with zero attached hydrogens (tertiary/aromatic N) is 1. The first-order valence-corrected chi connectivity index (χ1v) is 11.5. The summed E-state index contributed by atoms with van der Waals surface area (Å²) in [5, 5.41) is 18.3. The molecular weight excluding hydrogens is 533 g/mol. The van der Waals surface area contributed by atoms with Crippen molar-refractivity contribution in [1.82, 2.24) is 5.32 Å². The molecule has 0 atom stereocenters. The predicted molar refractivity (Wildman–Crippen MR) is 135 cm³/mol. The number of methoxy groups -OCH3 is 1. The highest BCUT2D eigenvalue weighted by atomic mass is 79.9. The number of nitro benzene ring substituents is 1. The van der Waals surface area contributed by atoms with Gasteiger partial charge in [-0.15, -0.1) is 0 Å². The summed E-state index contributed by atoms with van der Waals surface area (Å²) in [4.78, 5) is 10.3. The Kier molecular flexibility index (Phi) is 9.20. The van der Waals surface area contributed by atoms with E-state index in [0.29, 0.717) is 53.5 Å². The predicted octanol–water partition coefficient (Wildman–Crippen LogP) is 6.45. The van der Waals surface area contributed by atoms with Crippen molar-refractivity contribution in [2.45, 2.75) is 13.2 Å². The fraction of sp³-hybridized carbons (Fsp3) is 0.217. The minimum absolute atomic E-state index is 0.0394. The van der Waals surface area contributed by atoms with Gasteiger partial charge in [-0.05, 0) is 45.8 Å². The van der Waals surface area contributed by atoms with Gasteiger partial charge in [0.2, 0.25) is 0 Å². The van der Waals surface area contributed by atoms with Gasteiger partial charge in [0, 0.05) is 42.4 Å². The van der Waals surface area contributed by atoms with E-state index in [2.05, 4.69) is 26.6 Å². The molecule has 0 fully saturated rings. The van der Waals surface area contributed by atoms with Gasteiger partial charge in [-0.3, -0.25) is 10.1 Å². The highest BCUT2D eigenvalue weighted by Crippen LogP contribution is 2.37. The van der Waals surface area contributed by atoms with Gasteiger partial charge in [0.25, 0.3) is 5.69 Å². The molecule has 0 radical (unpaired) electrons. The fourth-order valence-corrected chi connectivity index (χ4v) is 4.10. The van der Waals surface area contributed by atoms with Gasteiger partial charge in [0.15, 0.2) is 11.5 Å². The van der Waals surface area contributed by atoms with Crippen LogP contribution in [0.1, 0.15) is 11.1 Å². The van der Waals surface area contributed by atoms with E-state index in [1.54, 1.807) is 13.2 Å². The molecular formula is C23H22BrCl2N3O4. The molecule has 7 nitrogen and oxygen atoms in total. The summed E-state index contributed by atoms with van der Waals surface area (Å²) < 4.78 is 12.3. The van der Waals surface area contributed by atoms with E-state index < -0.39 is 4.92 Å². The van der Waals surface area contributed by atoms with Gasteiger partial charge in [-0.2, -0.15) is 0 Å². The topological polar surface area (TPSA) is 85.7 Å². The minimum Gasteiger partial charge on any atom is -0.493 e. The van der Waals surface area contributed by atoms with Gasteiger partial charge < -0.3 is 20.1 Å². The summed E-state index contributed by atoms with van der Waals surface area (Å²) in [7, 11) is 1.60. The van der Waals surface area contributed by atoms with E-state index in [0.717, 1.165) is 15.6 Å². The maximum Gasteiger partial charge on any atom is 0.271 e. The lowest BCUT2D eigenvalue weighted by Gasteiger charge is -2.15. The van der Waals surface area contributed by atoms with Crippen molar-refractivity contribution in [2.24, 2.45) is 0 Å². The van der Waals surface area contributed by atoms with Crippen LogP contribution < -0.4 is 20.1 Å². The van der Waals surface area contributed by atoms with E-state index >= 15 is 0 Å². The third-order valence-corrected chi connectivity index (χ3v) is 6.00. The van der Waals surface area contributed by atoms with E-state index in [1.165, 1.54) is 12.1 Å². The number of nitrogens with one attached hydrogen (secondary N) is 2. The van der Waals surface area contributed by atoms with E-state index in [9.17, 15) is 10.1 Å². The average Bonchev–Trinajstić information content (AvgIpc) is 2.79. The number of benzene rings is 3. The van der Waals surface area contributed by atoms with Gasteiger partial charge in [0.05, 0.1) is 27.2 Å². The Hall–Kier alpha value is -2.52. The number of hydrogen-bond donors (Lipinski definition) is 2. The SMILES string of the molecule is COc1cc(CNCCNc2ccc([N+](=O)[O-])cc2Cl)cc(Br)c1OCc1ccccc1Cl. The maximum absolute atomic E-state index is 10.8. The minimum atomic E-state index is -0.475. The zero-order valence-corrected chi connectivity index (χ0v) is 20.8. The smallest absolute Gasteiger partial charge is 0.271 e. The largest absolute Gasteiger partial charge is 0.493 e. The Morgan fingerprint density at radius 2 is 1.85 bits per heavy atom. The number of non-ortho nitro benzene ring substituents is 1. The molecule has 3 rings (SSSR count). The Labute approximate surface area is 210 Å². The summed E-state index contributed by atoms with van der Waals surface area (Å²) in [6.45, 7) is 2.17. The lowest BCUT2D eigenvalue weighted by Crippen LogP contribution is -2.22.